The van der Waals surface area contributed by atoms with Gasteiger partial charge in [-0.25, -0.2) is 15.8 Å². The smallest absolute Gasteiger partial charge is 0.283 e. The SMILES string of the molecule is CCCCCCCOc1cccc(-c2cc(C(=O)NN)nc(N)n2)c1. The molecule has 0 aliphatic heterocycles. The van der Waals surface area contributed by atoms with E-state index in [0.29, 0.717) is 12.3 Å². The molecule has 0 bridgehead atoms. The number of carbonyl (C=O) groups excluding carboxylic acids is 1. The number of nitrogen functional groups attached to an aromatic ring is 2. The first kappa shape index (κ1) is 18.7. The number of benzene rings is 1. The summed E-state index contributed by atoms with van der Waals surface area (Å²) in [5.41, 5.74) is 9.18. The van der Waals surface area contributed by atoms with Gasteiger partial charge < -0.3 is 10.5 Å². The minimum Gasteiger partial charge on any atom is -0.494 e. The number of aromatic nitrogens is 2. The Balaban J connectivity index is 2.05. The van der Waals surface area contributed by atoms with Crippen LogP contribution in [0.15, 0.2) is 30.3 Å². The van der Waals surface area contributed by atoms with Gasteiger partial charge in [0, 0.05) is 5.56 Å². The number of nitrogens with zero attached hydrogens (tertiary/aromatic N) is 2. The minimum absolute atomic E-state index is 0.0124. The summed E-state index contributed by atoms with van der Waals surface area (Å²) in [7, 11) is 0. The maximum Gasteiger partial charge on any atom is 0.283 e. The van der Waals surface area contributed by atoms with Crippen molar-refractivity contribution in [2.24, 2.45) is 5.84 Å². The molecule has 7 nitrogen and oxygen atoms in total. The van der Waals surface area contributed by atoms with Gasteiger partial charge in [-0.2, -0.15) is 0 Å². The highest BCUT2D eigenvalue weighted by molar-refractivity contribution is 5.93. The molecule has 1 amide bonds. The number of hydrogen-bond donors (Lipinski definition) is 3. The van der Waals surface area contributed by atoms with E-state index in [1.807, 2.05) is 29.7 Å². The van der Waals surface area contributed by atoms with E-state index in [1.165, 1.54) is 25.7 Å². The molecule has 25 heavy (non-hydrogen) atoms. The molecule has 2 rings (SSSR count). The van der Waals surface area contributed by atoms with Gasteiger partial charge in [-0.15, -0.1) is 0 Å². The van der Waals surface area contributed by atoms with Crippen LogP contribution in [0.3, 0.4) is 0 Å². The largest absolute Gasteiger partial charge is 0.494 e. The minimum atomic E-state index is -0.519. The maximum atomic E-state index is 11.7. The first-order valence-electron chi connectivity index (χ1n) is 8.52. The molecule has 0 fully saturated rings. The van der Waals surface area contributed by atoms with Crippen molar-refractivity contribution in [3.63, 3.8) is 0 Å². The molecule has 7 heteroatoms. The quantitative estimate of drug-likeness (QED) is 0.279. The molecule has 0 atom stereocenters. The van der Waals surface area contributed by atoms with Crippen LogP contribution in [-0.2, 0) is 0 Å². The van der Waals surface area contributed by atoms with Gasteiger partial charge in [0.2, 0.25) is 5.95 Å². The number of nitrogens with two attached hydrogens (primary N) is 2. The average Bonchev–Trinajstić information content (AvgIpc) is 2.63. The van der Waals surface area contributed by atoms with Crippen molar-refractivity contribution in [3.8, 4) is 17.0 Å². The number of carbonyl (C=O) groups is 1. The van der Waals surface area contributed by atoms with Crippen molar-refractivity contribution < 1.29 is 9.53 Å². The lowest BCUT2D eigenvalue weighted by Crippen LogP contribution is -2.31. The molecule has 0 spiro atoms. The fourth-order valence-corrected chi connectivity index (χ4v) is 2.44. The molecule has 5 N–H and O–H groups in total. The van der Waals surface area contributed by atoms with Crippen LogP contribution in [0.25, 0.3) is 11.3 Å². The lowest BCUT2D eigenvalue weighted by atomic mass is 10.1. The molecule has 1 aromatic carbocycles. The molecule has 0 unspecified atom stereocenters. The van der Waals surface area contributed by atoms with E-state index in [9.17, 15) is 4.79 Å². The lowest BCUT2D eigenvalue weighted by molar-refractivity contribution is 0.0948. The van der Waals surface area contributed by atoms with E-state index in [1.54, 1.807) is 6.07 Å². The Bertz CT molecular complexity index is 706. The third-order valence-electron chi connectivity index (χ3n) is 3.75. The number of hydrogen-bond acceptors (Lipinski definition) is 6. The van der Waals surface area contributed by atoms with Crippen molar-refractivity contribution in [1.82, 2.24) is 15.4 Å². The number of ether oxygens (including phenoxy) is 1. The highest BCUT2D eigenvalue weighted by Crippen LogP contribution is 2.23. The second kappa shape index (κ2) is 9.58. The van der Waals surface area contributed by atoms with Gasteiger partial charge in [0.1, 0.15) is 11.4 Å². The predicted molar refractivity (Wildman–Crippen MR) is 97.8 cm³/mol. The second-order valence-corrected chi connectivity index (χ2v) is 5.76. The predicted octanol–water partition coefficient (Wildman–Crippen LogP) is 2.68. The zero-order chi connectivity index (χ0) is 18.1. The van der Waals surface area contributed by atoms with Gasteiger partial charge in [-0.05, 0) is 24.6 Å². The fourth-order valence-electron chi connectivity index (χ4n) is 2.44. The van der Waals surface area contributed by atoms with Crippen molar-refractivity contribution in [2.45, 2.75) is 39.0 Å². The van der Waals surface area contributed by atoms with Gasteiger partial charge in [0.05, 0.1) is 12.3 Å². The Morgan fingerprint density at radius 2 is 1.96 bits per heavy atom. The van der Waals surface area contributed by atoms with E-state index in [0.717, 1.165) is 17.7 Å². The summed E-state index contributed by atoms with van der Waals surface area (Å²) in [4.78, 5) is 19.7. The Labute approximate surface area is 147 Å². The average molecular weight is 343 g/mol. The van der Waals surface area contributed by atoms with Crippen molar-refractivity contribution in [2.75, 3.05) is 12.3 Å². The lowest BCUT2D eigenvalue weighted by Gasteiger charge is -2.09. The number of amides is 1. The van der Waals surface area contributed by atoms with Crippen molar-refractivity contribution >= 4 is 11.9 Å². The van der Waals surface area contributed by atoms with Gasteiger partial charge in [0.25, 0.3) is 5.91 Å². The summed E-state index contributed by atoms with van der Waals surface area (Å²) in [6.45, 7) is 2.88. The van der Waals surface area contributed by atoms with Crippen LogP contribution in [0, 0.1) is 0 Å². The molecule has 2 aromatic rings. The third-order valence-corrected chi connectivity index (χ3v) is 3.75. The maximum absolute atomic E-state index is 11.7. The monoisotopic (exact) mass is 343 g/mol. The zero-order valence-electron chi connectivity index (χ0n) is 14.5. The van der Waals surface area contributed by atoms with Crippen LogP contribution >= 0.6 is 0 Å². The Morgan fingerprint density at radius 3 is 2.72 bits per heavy atom. The van der Waals surface area contributed by atoms with E-state index >= 15 is 0 Å². The standard InChI is InChI=1S/C18H25N5O2/c1-2-3-4-5-6-10-25-14-9-7-8-13(11-14)15-12-16(17(24)23-20)22-18(19)21-15/h7-9,11-12H,2-6,10,20H2,1H3,(H,23,24)(H2,19,21,22). The molecule has 0 radical (unpaired) electrons. The van der Waals surface area contributed by atoms with Crippen LogP contribution in [0.2, 0.25) is 0 Å². The summed E-state index contributed by atoms with van der Waals surface area (Å²) in [5, 5.41) is 0. The van der Waals surface area contributed by atoms with Crippen LogP contribution in [0.5, 0.6) is 5.75 Å². The number of unbranched alkanes of at least 4 members (excludes halogenated alkanes) is 4. The van der Waals surface area contributed by atoms with Gasteiger partial charge in [-0.1, -0.05) is 44.7 Å². The first-order chi connectivity index (χ1) is 12.1. The number of rotatable bonds is 9. The highest BCUT2D eigenvalue weighted by atomic mass is 16.5. The molecule has 0 saturated carbocycles. The molecular formula is C18H25N5O2. The summed E-state index contributed by atoms with van der Waals surface area (Å²) in [5.74, 6) is 5.40. The Morgan fingerprint density at radius 1 is 1.16 bits per heavy atom. The van der Waals surface area contributed by atoms with Crippen LogP contribution in [0.4, 0.5) is 5.95 Å². The summed E-state index contributed by atoms with van der Waals surface area (Å²) in [6, 6.07) is 9.07. The van der Waals surface area contributed by atoms with Crippen molar-refractivity contribution in [3.05, 3.63) is 36.0 Å². The first-order valence-corrected chi connectivity index (χ1v) is 8.52. The van der Waals surface area contributed by atoms with Gasteiger partial charge >= 0.3 is 0 Å². The summed E-state index contributed by atoms with van der Waals surface area (Å²) < 4.78 is 5.80. The molecule has 0 saturated heterocycles. The normalized spacial score (nSPS) is 10.5. The molecule has 0 aliphatic rings. The van der Waals surface area contributed by atoms with E-state index in [2.05, 4.69) is 16.9 Å². The van der Waals surface area contributed by atoms with E-state index < -0.39 is 5.91 Å². The third kappa shape index (κ3) is 5.72. The van der Waals surface area contributed by atoms with Crippen LogP contribution in [0.1, 0.15) is 49.5 Å². The van der Waals surface area contributed by atoms with Crippen LogP contribution in [-0.4, -0.2) is 22.5 Å². The van der Waals surface area contributed by atoms with Crippen LogP contribution < -0.4 is 21.7 Å². The van der Waals surface area contributed by atoms with Gasteiger partial charge in [0.15, 0.2) is 0 Å². The molecule has 134 valence electrons. The second-order valence-electron chi connectivity index (χ2n) is 5.76. The highest BCUT2D eigenvalue weighted by Gasteiger charge is 2.11. The summed E-state index contributed by atoms with van der Waals surface area (Å²) >= 11 is 0. The Kier molecular flexibility index (Phi) is 7.16. The topological polar surface area (TPSA) is 116 Å². The molecule has 0 aliphatic carbocycles. The molecular weight excluding hydrogens is 318 g/mol. The zero-order valence-corrected chi connectivity index (χ0v) is 14.5. The number of anilines is 1. The number of nitrogens with one attached hydrogen (secondary N) is 1. The van der Waals surface area contributed by atoms with E-state index in [4.69, 9.17) is 16.3 Å². The molecule has 1 heterocycles. The van der Waals surface area contributed by atoms with Crippen molar-refractivity contribution in [1.29, 1.82) is 0 Å². The van der Waals surface area contributed by atoms with Gasteiger partial charge in [-0.3, -0.25) is 10.2 Å². The summed E-state index contributed by atoms with van der Waals surface area (Å²) in [6.07, 6.45) is 5.95. The van der Waals surface area contributed by atoms with E-state index in [-0.39, 0.29) is 11.6 Å². The number of hydrazine groups is 1. The Hall–Kier alpha value is -2.67. The molecule has 1 aromatic heterocycles. The fraction of sp³-hybridized carbons (Fsp3) is 0.389.